The van der Waals surface area contributed by atoms with E-state index in [1.165, 1.54) is 257 Å². The predicted octanol–water partition coefficient (Wildman–Crippen LogP) is 13.6. The molecule has 0 bridgehead atoms. The second kappa shape index (κ2) is 35.4. The molecule has 12 fully saturated rings. The van der Waals surface area contributed by atoms with Crippen LogP contribution < -0.4 is 31.9 Å². The monoisotopic (exact) mass is 1230 g/mol. The lowest BCUT2D eigenvalue weighted by Gasteiger charge is -2.50. The molecule has 10 unspecified atom stereocenters. The first-order chi connectivity index (χ1) is 43.4. The SMILES string of the molecule is OC1CC(OCCCCCCCCOC2CCC(C3NC(C4CCC(OC5CCCCC5)CC4)NC(C4CCC(OC5CCCCC5)CC4)N3)C(O)C2)CCC1C1NC(C2CCC(OC3CCCCC3)CC2)NC(C2CCC(OC3CCCCC3)CC2)N1. The van der Waals surface area contributed by atoms with Crippen molar-refractivity contribution in [2.75, 3.05) is 13.2 Å². The molecule has 10 saturated carbocycles. The van der Waals surface area contributed by atoms with Crippen molar-refractivity contribution < 1.29 is 38.6 Å². The van der Waals surface area contributed by atoms with E-state index in [9.17, 15) is 10.2 Å². The molecule has 0 aromatic heterocycles. The fourth-order valence-corrected chi connectivity index (χ4v) is 19.9. The van der Waals surface area contributed by atoms with Crippen molar-refractivity contribution in [2.45, 2.75) is 418 Å². The highest BCUT2D eigenvalue weighted by atomic mass is 16.5. The largest absolute Gasteiger partial charge is 0.393 e. The molecule has 10 aliphatic carbocycles. The molecule has 12 aliphatic rings. The number of rotatable bonds is 25. The quantitative estimate of drug-likeness (QED) is 0.0407. The number of ether oxygens (including phenoxy) is 6. The molecule has 14 heteroatoms. The summed E-state index contributed by atoms with van der Waals surface area (Å²) in [5.74, 6) is 2.70. The molecule has 2 aliphatic heterocycles. The van der Waals surface area contributed by atoms with Crippen LogP contribution in [0.2, 0.25) is 0 Å². The number of nitrogens with one attached hydrogen (secondary N) is 6. The maximum absolute atomic E-state index is 11.9. The van der Waals surface area contributed by atoms with Gasteiger partial charge in [-0.15, -0.1) is 0 Å². The highest BCUT2D eigenvalue weighted by Crippen LogP contribution is 2.41. The molecule has 2 saturated heterocycles. The Morgan fingerprint density at radius 3 is 0.716 bits per heavy atom. The zero-order valence-corrected chi connectivity index (χ0v) is 55.6. The zero-order valence-electron chi connectivity index (χ0n) is 55.6. The number of aliphatic hydroxyl groups excluding tert-OH is 2. The van der Waals surface area contributed by atoms with Crippen molar-refractivity contribution in [1.29, 1.82) is 0 Å². The first kappa shape index (κ1) is 67.4. The van der Waals surface area contributed by atoms with Gasteiger partial charge in [0.2, 0.25) is 0 Å². The Balaban J connectivity index is 0.532. The molecule has 0 spiro atoms. The average molecular weight is 1230 g/mol. The van der Waals surface area contributed by atoms with E-state index in [0.29, 0.717) is 72.5 Å². The van der Waals surface area contributed by atoms with E-state index in [-0.39, 0.29) is 73.2 Å². The second-order valence-corrected chi connectivity index (χ2v) is 31.8. The average Bonchev–Trinajstić information content (AvgIpc) is 3.12. The topological polar surface area (TPSA) is 168 Å². The summed E-state index contributed by atoms with van der Waals surface area (Å²) in [5, 5.41) is 48.5. The lowest BCUT2D eigenvalue weighted by molar-refractivity contribution is -0.0742. The molecule has 12 rings (SSSR count). The van der Waals surface area contributed by atoms with Crippen LogP contribution in [0.5, 0.6) is 0 Å². The molecule has 506 valence electrons. The Hall–Kier alpha value is -0.560. The third-order valence-corrected chi connectivity index (χ3v) is 25.4. The predicted molar refractivity (Wildman–Crippen MR) is 350 cm³/mol. The summed E-state index contributed by atoms with van der Waals surface area (Å²) >= 11 is 0. The lowest BCUT2D eigenvalue weighted by atomic mass is 9.79. The standard InChI is InChI=1S/C74H132N6O8/c81-67-49-63(43-45-65(67)73-77-69(51-27-35-59(36-28-51)85-55-19-9-5-10-20-55)75-70(78-73)52-29-37-60(38-30-52)86-56-21-11-6-12-22-56)83-47-17-3-1-2-4-18-48-84-64-44-46-66(68(82)50-64)74-79-71(53-31-39-61(40-32-53)87-57-23-13-7-14-24-57)76-72(80-74)54-33-41-62(42-34-54)88-58-25-15-8-16-26-58/h51-82H,1-50H2. The van der Waals surface area contributed by atoms with E-state index < -0.39 is 0 Å². The third kappa shape index (κ3) is 20.0. The Kier molecular flexibility index (Phi) is 27.2. The van der Waals surface area contributed by atoms with Crippen LogP contribution in [0, 0.1) is 35.5 Å². The van der Waals surface area contributed by atoms with Gasteiger partial charge in [0.25, 0.3) is 0 Å². The van der Waals surface area contributed by atoms with Crippen molar-refractivity contribution in [1.82, 2.24) is 31.9 Å². The molecule has 14 nitrogen and oxygen atoms in total. The van der Waals surface area contributed by atoms with Crippen LogP contribution in [-0.2, 0) is 28.4 Å². The Bertz CT molecular complexity index is 1680. The van der Waals surface area contributed by atoms with E-state index >= 15 is 0 Å². The fraction of sp³-hybridized carbons (Fsp3) is 1.00. The van der Waals surface area contributed by atoms with Gasteiger partial charge < -0.3 is 38.6 Å². The maximum atomic E-state index is 11.9. The minimum Gasteiger partial charge on any atom is -0.393 e. The summed E-state index contributed by atoms with van der Waals surface area (Å²) in [7, 11) is 0. The highest BCUT2D eigenvalue weighted by molar-refractivity contribution is 5.00. The smallest absolute Gasteiger partial charge is 0.0649 e. The van der Waals surface area contributed by atoms with E-state index in [0.717, 1.165) is 64.6 Å². The van der Waals surface area contributed by atoms with Crippen molar-refractivity contribution in [3.05, 3.63) is 0 Å². The summed E-state index contributed by atoms with van der Waals surface area (Å²) in [4.78, 5) is 0. The Labute approximate surface area is 535 Å². The van der Waals surface area contributed by atoms with Gasteiger partial charge in [-0.1, -0.05) is 103 Å². The minimum atomic E-state index is -0.371. The van der Waals surface area contributed by atoms with E-state index in [4.69, 9.17) is 28.4 Å². The van der Waals surface area contributed by atoms with Gasteiger partial charge in [0.05, 0.1) is 110 Å². The molecule has 0 amide bonds. The molecular weight excluding hydrogens is 1100 g/mol. The first-order valence-electron chi connectivity index (χ1n) is 39.1. The number of aliphatic hydroxyl groups is 2. The van der Waals surface area contributed by atoms with Crippen molar-refractivity contribution in [3.8, 4) is 0 Å². The van der Waals surface area contributed by atoms with E-state index in [1.807, 2.05) is 0 Å². The van der Waals surface area contributed by atoms with Crippen LogP contribution in [0.3, 0.4) is 0 Å². The summed E-state index contributed by atoms with van der Waals surface area (Å²) in [6, 6.07) is 0. The van der Waals surface area contributed by atoms with Gasteiger partial charge in [-0.3, -0.25) is 31.9 Å². The van der Waals surface area contributed by atoms with Crippen molar-refractivity contribution >= 4 is 0 Å². The first-order valence-corrected chi connectivity index (χ1v) is 39.1. The Morgan fingerprint density at radius 2 is 0.455 bits per heavy atom. The lowest BCUT2D eigenvalue weighted by Crippen LogP contribution is -2.73. The summed E-state index contributed by atoms with van der Waals surface area (Å²) < 4.78 is 39.9. The van der Waals surface area contributed by atoms with Crippen LogP contribution in [0.4, 0.5) is 0 Å². The van der Waals surface area contributed by atoms with Crippen LogP contribution in [0.15, 0.2) is 0 Å². The van der Waals surface area contributed by atoms with Crippen LogP contribution in [0.25, 0.3) is 0 Å². The van der Waals surface area contributed by atoms with Gasteiger partial charge in [0.15, 0.2) is 0 Å². The molecule has 88 heavy (non-hydrogen) atoms. The second-order valence-electron chi connectivity index (χ2n) is 31.8. The van der Waals surface area contributed by atoms with Gasteiger partial charge in [-0.2, -0.15) is 0 Å². The van der Waals surface area contributed by atoms with Crippen LogP contribution >= 0.6 is 0 Å². The number of hydrogen-bond acceptors (Lipinski definition) is 14. The molecule has 0 aromatic carbocycles. The Morgan fingerprint density at radius 1 is 0.227 bits per heavy atom. The van der Waals surface area contributed by atoms with Gasteiger partial charge in [0, 0.05) is 25.0 Å². The van der Waals surface area contributed by atoms with Crippen molar-refractivity contribution in [2.24, 2.45) is 35.5 Å². The van der Waals surface area contributed by atoms with Crippen molar-refractivity contribution in [3.63, 3.8) is 0 Å². The third-order valence-electron chi connectivity index (χ3n) is 25.4. The minimum absolute atomic E-state index is 0.103. The summed E-state index contributed by atoms with van der Waals surface area (Å²) in [5.41, 5.74) is 0. The zero-order chi connectivity index (χ0) is 59.7. The summed E-state index contributed by atoms with van der Waals surface area (Å²) in [6.07, 6.45) is 62.3. The fourth-order valence-electron chi connectivity index (χ4n) is 19.9. The van der Waals surface area contributed by atoms with Gasteiger partial charge in [0.1, 0.15) is 0 Å². The maximum Gasteiger partial charge on any atom is 0.0649 e. The normalized spacial score (nSPS) is 42.1. The van der Waals surface area contributed by atoms with Gasteiger partial charge in [-0.25, -0.2) is 0 Å². The molecule has 0 aromatic rings. The molecule has 0 radical (unpaired) electrons. The molecule has 8 N–H and O–H groups in total. The summed E-state index contributed by atoms with van der Waals surface area (Å²) in [6.45, 7) is 1.59. The van der Waals surface area contributed by atoms with E-state index in [1.54, 1.807) is 0 Å². The van der Waals surface area contributed by atoms with Crippen LogP contribution in [-0.4, -0.2) is 134 Å². The molecule has 2 heterocycles. The number of hydrogen-bond donors (Lipinski definition) is 8. The van der Waals surface area contributed by atoms with E-state index in [2.05, 4.69) is 31.9 Å². The number of unbranched alkanes of at least 4 members (excludes halogenated alkanes) is 5. The van der Waals surface area contributed by atoms with Crippen LogP contribution in [0.1, 0.15) is 308 Å². The molecule has 10 atom stereocenters. The van der Waals surface area contributed by atoms with Gasteiger partial charge >= 0.3 is 0 Å². The molecular formula is C74H132N6O8. The van der Waals surface area contributed by atoms with Gasteiger partial charge in [-0.05, 0) is 229 Å². The highest BCUT2D eigenvalue weighted by Gasteiger charge is 2.46.